The molecule has 0 N–H and O–H groups in total. The maximum atomic E-state index is 3.95. The lowest BCUT2D eigenvalue weighted by molar-refractivity contribution is -0.501. The minimum Gasteiger partial charge on any atom is -0.245 e. The van der Waals surface area contributed by atoms with Crippen molar-refractivity contribution in [3.63, 3.8) is 0 Å². The number of nitrogens with zero attached hydrogens (tertiary/aromatic N) is 1. The van der Waals surface area contributed by atoms with Gasteiger partial charge < -0.3 is 0 Å². The molecule has 0 radical (unpaired) electrons. The highest BCUT2D eigenvalue weighted by Gasteiger charge is 2.46. The van der Waals surface area contributed by atoms with E-state index < -0.39 is 0 Å². The lowest BCUT2D eigenvalue weighted by Gasteiger charge is -2.50. The zero-order chi connectivity index (χ0) is 10.9. The summed E-state index contributed by atoms with van der Waals surface area (Å²) in [6, 6.07) is 0. The summed E-state index contributed by atoms with van der Waals surface area (Å²) in [5.41, 5.74) is 0.696. The highest BCUT2D eigenvalue weighted by Crippen LogP contribution is 2.54. The van der Waals surface area contributed by atoms with Crippen LogP contribution in [0.15, 0.2) is 0 Å². The summed E-state index contributed by atoms with van der Waals surface area (Å²) in [5.74, 6) is 1.97. The van der Waals surface area contributed by atoms with Gasteiger partial charge >= 0.3 is 0 Å². The third-order valence-corrected chi connectivity index (χ3v) is 4.67. The molecule has 0 aliphatic heterocycles. The third-order valence-electron chi connectivity index (χ3n) is 4.67. The van der Waals surface area contributed by atoms with Crippen molar-refractivity contribution in [2.75, 3.05) is 13.6 Å². The predicted molar refractivity (Wildman–Crippen MR) is 65.6 cm³/mol. The van der Waals surface area contributed by atoms with Crippen LogP contribution in [0.1, 0.15) is 51.9 Å². The molecule has 2 fully saturated rings. The zero-order valence-electron chi connectivity index (χ0n) is 10.5. The molecule has 0 saturated heterocycles. The van der Waals surface area contributed by atoms with Crippen molar-refractivity contribution in [3.8, 4) is 0 Å². The SMILES string of the molecule is C=[N+](C)CC1CC(C)(C2CCCCC2)C1. The lowest BCUT2D eigenvalue weighted by Crippen LogP contribution is -2.44. The van der Waals surface area contributed by atoms with Crippen LogP contribution in [0.4, 0.5) is 0 Å². The van der Waals surface area contributed by atoms with Gasteiger partial charge in [-0.3, -0.25) is 0 Å². The molecule has 0 spiro atoms. The van der Waals surface area contributed by atoms with E-state index in [1.54, 1.807) is 0 Å². The van der Waals surface area contributed by atoms with E-state index in [0.717, 1.165) is 11.8 Å². The molecule has 2 aliphatic carbocycles. The van der Waals surface area contributed by atoms with Crippen molar-refractivity contribution in [1.82, 2.24) is 0 Å². The van der Waals surface area contributed by atoms with Gasteiger partial charge in [-0.2, -0.15) is 0 Å². The van der Waals surface area contributed by atoms with Crippen LogP contribution in [0.2, 0.25) is 0 Å². The number of rotatable bonds is 3. The second kappa shape index (κ2) is 4.27. The molecule has 0 unspecified atom stereocenters. The van der Waals surface area contributed by atoms with Crippen LogP contribution in [0, 0.1) is 17.3 Å². The molecule has 1 heteroatoms. The molecule has 86 valence electrons. The van der Waals surface area contributed by atoms with Gasteiger partial charge in [-0.25, -0.2) is 4.58 Å². The largest absolute Gasteiger partial charge is 0.245 e. The summed E-state index contributed by atoms with van der Waals surface area (Å²) < 4.78 is 2.10. The molecule has 1 nitrogen and oxygen atoms in total. The fraction of sp³-hybridized carbons (Fsp3) is 0.929. The first-order valence-corrected chi connectivity index (χ1v) is 6.62. The van der Waals surface area contributed by atoms with Crippen LogP contribution < -0.4 is 0 Å². The minimum absolute atomic E-state index is 0.696. The van der Waals surface area contributed by atoms with Gasteiger partial charge in [-0.1, -0.05) is 26.2 Å². The maximum Gasteiger partial charge on any atom is 0.144 e. The normalized spacial score (nSPS) is 37.3. The molecule has 2 saturated carbocycles. The van der Waals surface area contributed by atoms with Crippen LogP contribution in [-0.4, -0.2) is 24.9 Å². The van der Waals surface area contributed by atoms with E-state index in [4.69, 9.17) is 0 Å². The summed E-state index contributed by atoms with van der Waals surface area (Å²) in [4.78, 5) is 0. The number of hydrogen-bond acceptors (Lipinski definition) is 0. The summed E-state index contributed by atoms with van der Waals surface area (Å²) in [5, 5.41) is 0. The van der Waals surface area contributed by atoms with Gasteiger partial charge in [-0.05, 0) is 37.0 Å². The van der Waals surface area contributed by atoms with Gasteiger partial charge in [0.05, 0.1) is 0 Å². The summed E-state index contributed by atoms with van der Waals surface area (Å²) >= 11 is 0. The van der Waals surface area contributed by atoms with E-state index in [1.807, 2.05) is 0 Å². The van der Waals surface area contributed by atoms with Crippen molar-refractivity contribution in [2.24, 2.45) is 17.3 Å². The van der Waals surface area contributed by atoms with E-state index >= 15 is 0 Å². The molecular weight excluding hydrogens is 182 g/mol. The Hall–Kier alpha value is -0.330. The van der Waals surface area contributed by atoms with E-state index in [2.05, 4.69) is 25.3 Å². The topological polar surface area (TPSA) is 3.01 Å². The van der Waals surface area contributed by atoms with Gasteiger partial charge in [0, 0.05) is 5.92 Å². The molecule has 2 aliphatic rings. The highest BCUT2D eigenvalue weighted by molar-refractivity contribution is 5.14. The second-order valence-electron chi connectivity index (χ2n) is 6.30. The Bertz CT molecular complexity index is 232. The van der Waals surface area contributed by atoms with Crippen molar-refractivity contribution in [2.45, 2.75) is 51.9 Å². The zero-order valence-corrected chi connectivity index (χ0v) is 10.5. The Labute approximate surface area is 94.6 Å². The molecule has 0 heterocycles. The van der Waals surface area contributed by atoms with Gasteiger partial charge in [0.2, 0.25) is 0 Å². The molecule has 0 bridgehead atoms. The predicted octanol–water partition coefficient (Wildman–Crippen LogP) is 3.33. The molecule has 0 atom stereocenters. The molecular formula is C14H26N+. The Morgan fingerprint density at radius 1 is 1.20 bits per heavy atom. The summed E-state index contributed by atoms with van der Waals surface area (Å²) in [6.45, 7) is 7.68. The summed E-state index contributed by atoms with van der Waals surface area (Å²) in [6.07, 6.45) is 10.4. The van der Waals surface area contributed by atoms with Crippen LogP contribution in [0.5, 0.6) is 0 Å². The standard InChI is InChI=1S/C14H26N/c1-14(13-7-5-4-6-8-13)9-12(10-14)11-15(2)3/h12-13H,2,4-11H2,1,3H3/q+1. The second-order valence-corrected chi connectivity index (χ2v) is 6.30. The van der Waals surface area contributed by atoms with Crippen LogP contribution in [0.3, 0.4) is 0 Å². The maximum absolute atomic E-state index is 3.95. The van der Waals surface area contributed by atoms with Crippen LogP contribution in [0.25, 0.3) is 0 Å². The molecule has 0 aromatic rings. The van der Waals surface area contributed by atoms with Crippen LogP contribution in [-0.2, 0) is 0 Å². The molecule has 0 amide bonds. The van der Waals surface area contributed by atoms with Gasteiger partial charge in [0.15, 0.2) is 0 Å². The average molecular weight is 208 g/mol. The third kappa shape index (κ3) is 2.43. The molecule has 0 aromatic carbocycles. The Balaban J connectivity index is 1.81. The Kier molecular flexibility index (Phi) is 3.18. The van der Waals surface area contributed by atoms with Crippen molar-refractivity contribution >= 4 is 6.72 Å². The van der Waals surface area contributed by atoms with Crippen LogP contribution >= 0.6 is 0 Å². The van der Waals surface area contributed by atoms with Crippen molar-refractivity contribution in [1.29, 1.82) is 0 Å². The quantitative estimate of drug-likeness (QED) is 0.494. The first-order valence-electron chi connectivity index (χ1n) is 6.62. The van der Waals surface area contributed by atoms with E-state index in [0.29, 0.717) is 5.41 Å². The Morgan fingerprint density at radius 3 is 2.33 bits per heavy atom. The fourth-order valence-corrected chi connectivity index (χ4v) is 3.96. The molecule has 0 aromatic heterocycles. The molecule has 2 rings (SSSR count). The average Bonchev–Trinajstić information content (AvgIpc) is 2.16. The highest BCUT2D eigenvalue weighted by atomic mass is 14.9. The van der Waals surface area contributed by atoms with E-state index in [-0.39, 0.29) is 0 Å². The first kappa shape index (κ1) is 11.2. The van der Waals surface area contributed by atoms with Crippen molar-refractivity contribution in [3.05, 3.63) is 0 Å². The fourth-order valence-electron chi connectivity index (χ4n) is 3.96. The monoisotopic (exact) mass is 208 g/mol. The summed E-state index contributed by atoms with van der Waals surface area (Å²) in [7, 11) is 2.09. The van der Waals surface area contributed by atoms with Gasteiger partial charge in [-0.15, -0.1) is 0 Å². The Morgan fingerprint density at radius 2 is 1.80 bits per heavy atom. The van der Waals surface area contributed by atoms with E-state index in [1.165, 1.54) is 51.5 Å². The first-order chi connectivity index (χ1) is 7.10. The van der Waals surface area contributed by atoms with Gasteiger partial charge in [0.25, 0.3) is 0 Å². The number of hydrogen-bond donors (Lipinski definition) is 0. The molecule has 15 heavy (non-hydrogen) atoms. The lowest BCUT2D eigenvalue weighted by atomic mass is 9.54. The smallest absolute Gasteiger partial charge is 0.144 e. The van der Waals surface area contributed by atoms with Gasteiger partial charge in [0.1, 0.15) is 20.3 Å². The van der Waals surface area contributed by atoms with E-state index in [9.17, 15) is 0 Å². The van der Waals surface area contributed by atoms with Crippen molar-refractivity contribution < 1.29 is 4.58 Å². The minimum atomic E-state index is 0.696.